The third kappa shape index (κ3) is 13.1. The minimum atomic E-state index is -0.0704. The number of ether oxygens (including phenoxy) is 2. The Kier molecular flexibility index (Phi) is 18.7. The quantitative estimate of drug-likeness (QED) is 0.0831. The molecule has 6 nitrogen and oxygen atoms in total. The first-order valence-electron chi connectivity index (χ1n) is 17.4. The summed E-state index contributed by atoms with van der Waals surface area (Å²) in [6, 6.07) is 15.3. The van der Waals surface area contributed by atoms with E-state index in [2.05, 4.69) is 51.3 Å². The Morgan fingerprint density at radius 3 is 1.18 bits per heavy atom. The molecule has 0 aliphatic heterocycles. The van der Waals surface area contributed by atoms with E-state index in [1.54, 1.807) is 0 Å². The van der Waals surface area contributed by atoms with E-state index in [4.69, 9.17) is 9.47 Å². The summed E-state index contributed by atoms with van der Waals surface area (Å²) >= 11 is 0. The number of nitrogens with zero attached hydrogens (tertiary/aromatic N) is 2. The molecule has 2 aromatic carbocycles. The summed E-state index contributed by atoms with van der Waals surface area (Å²) in [6.45, 7) is 19.5. The van der Waals surface area contributed by atoms with Crippen molar-refractivity contribution in [3.8, 4) is 11.5 Å². The molecule has 0 heterocycles. The smallest absolute Gasteiger partial charge is 0.167 e. The Labute approximate surface area is 268 Å². The Hall–Kier alpha value is -2.70. The summed E-state index contributed by atoms with van der Waals surface area (Å²) in [4.78, 5) is 32.1. The molecule has 2 aromatic rings. The van der Waals surface area contributed by atoms with Gasteiger partial charge >= 0.3 is 0 Å². The number of hydrogen-bond acceptors (Lipinski definition) is 6. The van der Waals surface area contributed by atoms with E-state index >= 15 is 0 Å². The van der Waals surface area contributed by atoms with Gasteiger partial charge in [-0.2, -0.15) is 0 Å². The van der Waals surface area contributed by atoms with Crippen LogP contribution in [0.2, 0.25) is 0 Å². The first-order chi connectivity index (χ1) is 21.4. The van der Waals surface area contributed by atoms with Crippen LogP contribution in [0.5, 0.6) is 11.5 Å². The second kappa shape index (κ2) is 21.9. The van der Waals surface area contributed by atoms with Crippen LogP contribution in [0.1, 0.15) is 114 Å². The summed E-state index contributed by atoms with van der Waals surface area (Å²) in [7, 11) is 0. The summed E-state index contributed by atoms with van der Waals surface area (Å²) in [5, 5.41) is 0. The number of carbonyl (C=O) groups is 2. The van der Waals surface area contributed by atoms with Gasteiger partial charge in [0.1, 0.15) is 11.5 Å². The fourth-order valence-corrected chi connectivity index (χ4v) is 5.55. The topological polar surface area (TPSA) is 59.1 Å². The molecule has 0 aliphatic rings. The molecule has 0 spiro atoms. The number of unbranched alkanes of at least 4 members (excludes halogenated alkanes) is 3. The Bertz CT molecular complexity index is 960. The first kappa shape index (κ1) is 37.5. The highest BCUT2D eigenvalue weighted by atomic mass is 16.5. The number of carbonyl (C=O) groups excluding carboxylic acids is 2. The van der Waals surface area contributed by atoms with Crippen molar-refractivity contribution in [2.75, 3.05) is 52.5 Å². The summed E-state index contributed by atoms with van der Waals surface area (Å²) in [6.07, 6.45) is 7.71. The van der Waals surface area contributed by atoms with E-state index in [0.29, 0.717) is 13.2 Å². The molecule has 0 aromatic heterocycles. The molecule has 0 saturated carbocycles. The van der Waals surface area contributed by atoms with Gasteiger partial charge in [0.2, 0.25) is 0 Å². The van der Waals surface area contributed by atoms with Crippen LogP contribution in [0.25, 0.3) is 0 Å². The zero-order chi connectivity index (χ0) is 32.2. The molecule has 2 atom stereocenters. The van der Waals surface area contributed by atoms with Crippen molar-refractivity contribution in [2.45, 2.75) is 92.9 Å². The van der Waals surface area contributed by atoms with Crippen molar-refractivity contribution in [1.29, 1.82) is 0 Å². The third-order valence-electron chi connectivity index (χ3n) is 8.65. The van der Waals surface area contributed by atoms with Crippen molar-refractivity contribution in [3.63, 3.8) is 0 Å². The molecule has 2 rings (SSSR count). The largest absolute Gasteiger partial charge is 0.494 e. The van der Waals surface area contributed by atoms with Crippen molar-refractivity contribution < 1.29 is 19.1 Å². The number of Topliss-reactive ketones (excluding diaryl/α,β-unsaturated/α-hetero) is 2. The van der Waals surface area contributed by atoms with Gasteiger partial charge < -0.3 is 19.3 Å². The Balaban J connectivity index is 2.07. The van der Waals surface area contributed by atoms with Crippen LogP contribution >= 0.6 is 0 Å². The Morgan fingerprint density at radius 1 is 0.545 bits per heavy atom. The average molecular weight is 609 g/mol. The second-order valence-corrected chi connectivity index (χ2v) is 11.8. The van der Waals surface area contributed by atoms with Crippen LogP contribution in [-0.2, 0) is 0 Å². The molecule has 0 amide bonds. The van der Waals surface area contributed by atoms with Crippen LogP contribution in [0, 0.1) is 11.8 Å². The standard InChI is InChI=1S/C38H60N2O4/c1-7-13-27-43-35-23-19-31(20-24-35)37(41)33(29-39(9-3)10-4)17-15-16-18-34(30-40(11-5)12-6)38(42)32-21-25-36(26-22-32)44-28-14-8-2/h19-26,33-34H,7-18,27-30H2,1-6H3/t33-,34-/m1/s1. The molecule has 0 unspecified atom stereocenters. The van der Waals surface area contributed by atoms with Crippen LogP contribution in [0.15, 0.2) is 48.5 Å². The van der Waals surface area contributed by atoms with Crippen molar-refractivity contribution >= 4 is 11.6 Å². The molecular formula is C38H60N2O4. The second-order valence-electron chi connectivity index (χ2n) is 11.8. The Morgan fingerprint density at radius 2 is 0.886 bits per heavy atom. The molecule has 44 heavy (non-hydrogen) atoms. The van der Waals surface area contributed by atoms with Crippen LogP contribution < -0.4 is 9.47 Å². The predicted octanol–water partition coefficient (Wildman–Crippen LogP) is 8.59. The zero-order valence-corrected chi connectivity index (χ0v) is 28.6. The molecule has 0 fully saturated rings. The molecule has 6 heteroatoms. The highest BCUT2D eigenvalue weighted by molar-refractivity contribution is 5.98. The molecule has 0 radical (unpaired) electrons. The van der Waals surface area contributed by atoms with Crippen LogP contribution in [0.4, 0.5) is 0 Å². The van der Waals surface area contributed by atoms with Gasteiger partial charge in [-0.05, 0) is 100 Å². The van der Waals surface area contributed by atoms with Gasteiger partial charge in [0, 0.05) is 36.1 Å². The van der Waals surface area contributed by atoms with Gasteiger partial charge in [-0.1, -0.05) is 67.2 Å². The average Bonchev–Trinajstić information content (AvgIpc) is 3.06. The third-order valence-corrected chi connectivity index (χ3v) is 8.65. The van der Waals surface area contributed by atoms with Gasteiger partial charge in [-0.15, -0.1) is 0 Å². The molecule has 0 bridgehead atoms. The van der Waals surface area contributed by atoms with Gasteiger partial charge in [-0.25, -0.2) is 0 Å². The van der Waals surface area contributed by atoms with Crippen molar-refractivity contribution in [2.24, 2.45) is 11.8 Å². The lowest BCUT2D eigenvalue weighted by atomic mass is 9.88. The van der Waals surface area contributed by atoms with Crippen molar-refractivity contribution in [1.82, 2.24) is 9.80 Å². The minimum Gasteiger partial charge on any atom is -0.494 e. The van der Waals surface area contributed by atoms with E-state index in [9.17, 15) is 9.59 Å². The zero-order valence-electron chi connectivity index (χ0n) is 28.6. The van der Waals surface area contributed by atoms with Gasteiger partial charge in [0.05, 0.1) is 13.2 Å². The normalized spacial score (nSPS) is 12.8. The summed E-state index contributed by atoms with van der Waals surface area (Å²) in [5.74, 6) is 1.90. The number of rotatable bonds is 25. The SMILES string of the molecule is CCCCOc1ccc(C(=O)[C@H](CCCC[C@H](CN(CC)CC)C(=O)c2ccc(OCCCC)cc2)CN(CC)CC)cc1. The highest BCUT2D eigenvalue weighted by Crippen LogP contribution is 2.24. The predicted molar refractivity (Wildman–Crippen MR) is 183 cm³/mol. The number of benzene rings is 2. The molecule has 0 saturated heterocycles. The maximum absolute atomic E-state index is 13.7. The highest BCUT2D eigenvalue weighted by Gasteiger charge is 2.25. The molecule has 0 aliphatic carbocycles. The lowest BCUT2D eigenvalue weighted by Crippen LogP contribution is -2.34. The van der Waals surface area contributed by atoms with Crippen LogP contribution in [-0.4, -0.2) is 73.8 Å². The summed E-state index contributed by atoms with van der Waals surface area (Å²) < 4.78 is 11.6. The first-order valence-corrected chi connectivity index (χ1v) is 17.4. The molecular weight excluding hydrogens is 548 g/mol. The van der Waals surface area contributed by atoms with Crippen LogP contribution in [0.3, 0.4) is 0 Å². The number of hydrogen-bond donors (Lipinski definition) is 0. The lowest BCUT2D eigenvalue weighted by Gasteiger charge is -2.26. The fraction of sp³-hybridized carbons (Fsp3) is 0.632. The lowest BCUT2D eigenvalue weighted by molar-refractivity contribution is 0.0852. The molecule has 246 valence electrons. The maximum atomic E-state index is 13.7. The monoisotopic (exact) mass is 608 g/mol. The van der Waals surface area contributed by atoms with Gasteiger partial charge in [0.15, 0.2) is 11.6 Å². The summed E-state index contributed by atoms with van der Waals surface area (Å²) in [5.41, 5.74) is 1.50. The molecule has 0 N–H and O–H groups in total. The van der Waals surface area contributed by atoms with E-state index in [-0.39, 0.29) is 23.4 Å². The minimum absolute atomic E-state index is 0.0704. The number of ketones is 2. The van der Waals surface area contributed by atoms with E-state index in [1.165, 1.54) is 0 Å². The van der Waals surface area contributed by atoms with Gasteiger partial charge in [-0.3, -0.25) is 9.59 Å². The van der Waals surface area contributed by atoms with Gasteiger partial charge in [0.25, 0.3) is 0 Å². The fourth-order valence-electron chi connectivity index (χ4n) is 5.55. The van der Waals surface area contributed by atoms with E-state index in [1.807, 2.05) is 48.5 Å². The van der Waals surface area contributed by atoms with E-state index < -0.39 is 0 Å². The maximum Gasteiger partial charge on any atom is 0.167 e. The van der Waals surface area contributed by atoms with E-state index in [0.717, 1.165) is 113 Å². The van der Waals surface area contributed by atoms with Crippen molar-refractivity contribution in [3.05, 3.63) is 59.7 Å².